The van der Waals surface area contributed by atoms with Crippen LogP contribution in [0.2, 0.25) is 0 Å². The molecule has 1 N–H and O–H groups in total. The van der Waals surface area contributed by atoms with Crippen LogP contribution in [-0.2, 0) is 4.79 Å². The lowest BCUT2D eigenvalue weighted by Gasteiger charge is -2.09. The van der Waals surface area contributed by atoms with Crippen molar-refractivity contribution in [2.45, 2.75) is 26.2 Å². The second-order valence-electron chi connectivity index (χ2n) is 6.83. The third kappa shape index (κ3) is 2.54. The highest BCUT2D eigenvalue weighted by atomic mass is 16.2. The summed E-state index contributed by atoms with van der Waals surface area (Å²) in [6.07, 6.45) is 0.410. The molecule has 1 aliphatic heterocycles. The number of nitrogens with one attached hydrogen (secondary N) is 1. The summed E-state index contributed by atoms with van der Waals surface area (Å²) in [4.78, 5) is 30.8. The maximum atomic E-state index is 12.6. The zero-order valence-corrected chi connectivity index (χ0v) is 14.5. The van der Waals surface area contributed by atoms with Crippen LogP contribution in [0.15, 0.2) is 35.1 Å². The number of aryl methyl sites for hydroxylation is 2. The Kier molecular flexibility index (Phi) is 3.49. The van der Waals surface area contributed by atoms with E-state index in [1.165, 1.54) is 4.52 Å². The van der Waals surface area contributed by atoms with Gasteiger partial charge in [-0.1, -0.05) is 23.8 Å². The van der Waals surface area contributed by atoms with Crippen molar-refractivity contribution >= 4 is 11.6 Å². The Hall–Kier alpha value is -2.89. The number of benzene rings is 1. The number of carbonyl (C=O) groups excluding carboxylic acids is 1. The molecular formula is C19H20N4O2. The summed E-state index contributed by atoms with van der Waals surface area (Å²) in [6.45, 7) is 4.61. The molecule has 6 heteroatoms. The molecule has 1 saturated heterocycles. The average molecular weight is 336 g/mol. The van der Waals surface area contributed by atoms with E-state index in [0.717, 1.165) is 22.4 Å². The number of likely N-dealkylation sites (tertiary alicyclic amines) is 1. The van der Waals surface area contributed by atoms with Gasteiger partial charge < -0.3 is 4.90 Å². The van der Waals surface area contributed by atoms with Gasteiger partial charge in [-0.25, -0.2) is 9.50 Å². The fourth-order valence-electron chi connectivity index (χ4n) is 3.52. The Morgan fingerprint density at radius 1 is 1.20 bits per heavy atom. The topological polar surface area (TPSA) is 70.5 Å². The molecule has 0 spiro atoms. The summed E-state index contributed by atoms with van der Waals surface area (Å²) >= 11 is 0. The van der Waals surface area contributed by atoms with Gasteiger partial charge in [-0.3, -0.25) is 14.7 Å². The fraction of sp³-hybridized carbons (Fsp3) is 0.316. The maximum absolute atomic E-state index is 12.6. The van der Waals surface area contributed by atoms with E-state index in [9.17, 15) is 9.59 Å². The lowest BCUT2D eigenvalue weighted by Crippen LogP contribution is -2.20. The largest absolute Gasteiger partial charge is 0.345 e. The quantitative estimate of drug-likeness (QED) is 0.780. The first-order chi connectivity index (χ1) is 11.9. The Bertz CT molecular complexity index is 1050. The van der Waals surface area contributed by atoms with E-state index in [0.29, 0.717) is 24.3 Å². The zero-order valence-electron chi connectivity index (χ0n) is 14.5. The number of amides is 1. The van der Waals surface area contributed by atoms with Gasteiger partial charge in [-0.05, 0) is 19.9 Å². The standard InChI is InChI=1S/C19H20N4O2/c1-11-5-4-6-13(7-11)18-12(2)19-20-15(9-17(25)23(19)21-18)14-8-16(24)22(3)10-14/h4-7,9,14,21H,8,10H2,1-3H3/t14-/m0/s1. The van der Waals surface area contributed by atoms with Gasteiger partial charge in [0.25, 0.3) is 5.56 Å². The minimum atomic E-state index is -0.149. The van der Waals surface area contributed by atoms with Crippen LogP contribution in [0.25, 0.3) is 16.9 Å². The molecule has 1 fully saturated rings. The zero-order chi connectivity index (χ0) is 17.7. The summed E-state index contributed by atoms with van der Waals surface area (Å²) in [5, 5.41) is 3.18. The third-order valence-corrected chi connectivity index (χ3v) is 4.94. The summed E-state index contributed by atoms with van der Waals surface area (Å²) in [7, 11) is 1.78. The number of aromatic amines is 1. The molecule has 1 aromatic carbocycles. The van der Waals surface area contributed by atoms with Gasteiger partial charge >= 0.3 is 0 Å². The molecule has 2 aromatic heterocycles. The molecule has 6 nitrogen and oxygen atoms in total. The van der Waals surface area contributed by atoms with Crippen LogP contribution >= 0.6 is 0 Å². The van der Waals surface area contributed by atoms with Gasteiger partial charge in [0.05, 0.1) is 11.4 Å². The molecule has 0 radical (unpaired) electrons. The highest BCUT2D eigenvalue weighted by molar-refractivity contribution is 5.79. The number of nitrogens with zero attached hydrogens (tertiary/aromatic N) is 3. The third-order valence-electron chi connectivity index (χ3n) is 4.94. The van der Waals surface area contributed by atoms with Crippen LogP contribution < -0.4 is 5.56 Å². The smallest absolute Gasteiger partial charge is 0.272 e. The predicted octanol–water partition coefficient (Wildman–Crippen LogP) is 2.25. The van der Waals surface area contributed by atoms with Crippen molar-refractivity contribution in [1.82, 2.24) is 19.5 Å². The van der Waals surface area contributed by atoms with Crippen LogP contribution in [0.4, 0.5) is 0 Å². The summed E-state index contributed by atoms with van der Waals surface area (Å²) in [6, 6.07) is 9.67. The molecule has 25 heavy (non-hydrogen) atoms. The van der Waals surface area contributed by atoms with E-state index in [2.05, 4.69) is 11.2 Å². The number of aromatic nitrogens is 3. The first kappa shape index (κ1) is 15.6. The lowest BCUT2D eigenvalue weighted by molar-refractivity contribution is -0.126. The number of carbonyl (C=O) groups is 1. The van der Waals surface area contributed by atoms with E-state index in [4.69, 9.17) is 4.98 Å². The van der Waals surface area contributed by atoms with Crippen LogP contribution in [0.1, 0.15) is 29.2 Å². The number of fused-ring (bicyclic) bond motifs is 1. The van der Waals surface area contributed by atoms with Gasteiger partial charge in [0.1, 0.15) is 0 Å². The summed E-state index contributed by atoms with van der Waals surface area (Å²) < 4.78 is 1.48. The second-order valence-corrected chi connectivity index (χ2v) is 6.83. The monoisotopic (exact) mass is 336 g/mol. The van der Waals surface area contributed by atoms with Crippen molar-refractivity contribution in [3.8, 4) is 11.3 Å². The molecule has 3 aromatic rings. The van der Waals surface area contributed by atoms with Crippen LogP contribution in [0.5, 0.6) is 0 Å². The second kappa shape index (κ2) is 5.58. The Morgan fingerprint density at radius 3 is 2.68 bits per heavy atom. The van der Waals surface area contributed by atoms with Gasteiger partial charge in [0, 0.05) is 43.1 Å². The van der Waals surface area contributed by atoms with E-state index < -0.39 is 0 Å². The molecule has 128 valence electrons. The van der Waals surface area contributed by atoms with Gasteiger partial charge in [0.15, 0.2) is 5.65 Å². The molecule has 1 aliphatic rings. The van der Waals surface area contributed by atoms with Crippen molar-refractivity contribution in [3.63, 3.8) is 0 Å². The Labute approximate surface area is 145 Å². The minimum absolute atomic E-state index is 0.0214. The normalized spacial score (nSPS) is 17.6. The van der Waals surface area contributed by atoms with Crippen molar-refractivity contribution in [2.24, 2.45) is 0 Å². The van der Waals surface area contributed by atoms with E-state index >= 15 is 0 Å². The van der Waals surface area contributed by atoms with E-state index in [1.54, 1.807) is 18.0 Å². The Morgan fingerprint density at radius 2 is 2.00 bits per heavy atom. The highest BCUT2D eigenvalue weighted by Crippen LogP contribution is 2.28. The van der Waals surface area contributed by atoms with E-state index in [1.807, 2.05) is 32.0 Å². The SMILES string of the molecule is Cc1cccc(-c2[nH]n3c(=O)cc([C@H]4CC(=O)N(C)C4)nc3c2C)c1. The first-order valence-corrected chi connectivity index (χ1v) is 8.37. The number of likely N-dealkylation sites (N-methyl/N-ethyl adjacent to an activating group) is 1. The lowest BCUT2D eigenvalue weighted by atomic mass is 10.0. The number of rotatable bonds is 2. The van der Waals surface area contributed by atoms with Crippen molar-refractivity contribution < 1.29 is 4.79 Å². The van der Waals surface area contributed by atoms with Crippen molar-refractivity contribution in [1.29, 1.82) is 0 Å². The fourth-order valence-corrected chi connectivity index (χ4v) is 3.52. The summed E-state index contributed by atoms with van der Waals surface area (Å²) in [5.41, 5.74) is 5.18. The summed E-state index contributed by atoms with van der Waals surface area (Å²) in [5.74, 6) is 0.0742. The minimum Gasteiger partial charge on any atom is -0.345 e. The molecule has 0 unspecified atom stereocenters. The molecule has 1 atom stereocenters. The maximum Gasteiger partial charge on any atom is 0.272 e. The average Bonchev–Trinajstić information content (AvgIpc) is 3.09. The predicted molar refractivity (Wildman–Crippen MR) is 95.7 cm³/mol. The molecule has 0 aliphatic carbocycles. The number of H-pyrrole nitrogens is 1. The number of hydrogen-bond acceptors (Lipinski definition) is 3. The molecule has 4 rings (SSSR count). The van der Waals surface area contributed by atoms with Crippen molar-refractivity contribution in [2.75, 3.05) is 13.6 Å². The highest BCUT2D eigenvalue weighted by Gasteiger charge is 2.30. The van der Waals surface area contributed by atoms with Crippen molar-refractivity contribution in [3.05, 3.63) is 57.5 Å². The Balaban J connectivity index is 1.85. The van der Waals surface area contributed by atoms with E-state index in [-0.39, 0.29) is 17.4 Å². The number of hydrogen-bond donors (Lipinski definition) is 1. The molecule has 1 amide bonds. The first-order valence-electron chi connectivity index (χ1n) is 8.37. The molecular weight excluding hydrogens is 316 g/mol. The van der Waals surface area contributed by atoms with Crippen LogP contribution in [0.3, 0.4) is 0 Å². The van der Waals surface area contributed by atoms with Crippen LogP contribution in [0, 0.1) is 13.8 Å². The van der Waals surface area contributed by atoms with Crippen LogP contribution in [-0.4, -0.2) is 39.0 Å². The molecule has 0 saturated carbocycles. The van der Waals surface area contributed by atoms with Gasteiger partial charge in [-0.15, -0.1) is 0 Å². The molecule has 0 bridgehead atoms. The van der Waals surface area contributed by atoms with Gasteiger partial charge in [-0.2, -0.15) is 0 Å². The van der Waals surface area contributed by atoms with Gasteiger partial charge in [0.2, 0.25) is 5.91 Å². The molecule has 3 heterocycles.